The molecule has 0 bridgehead atoms. The van der Waals surface area contributed by atoms with E-state index in [4.69, 9.17) is 0 Å². The molecule has 4 N–H and O–H groups in total. The number of rotatable bonds is 8. The van der Waals surface area contributed by atoms with Crippen LogP contribution < -0.4 is 21.5 Å². The molecule has 0 aromatic heterocycles. The minimum atomic E-state index is -0.493. The molecule has 0 saturated heterocycles. The third-order valence-corrected chi connectivity index (χ3v) is 3.50. The van der Waals surface area contributed by atoms with Crippen molar-refractivity contribution in [2.45, 2.75) is 26.2 Å². The molecule has 0 aliphatic carbocycles. The average molecular weight is 304 g/mol. The number of phenols is 2. The van der Waals surface area contributed by atoms with E-state index in [-0.39, 0.29) is 11.5 Å². The van der Waals surface area contributed by atoms with Crippen LogP contribution in [0.15, 0.2) is 27.8 Å². The maximum atomic E-state index is 11.6. The Morgan fingerprint density at radius 3 is 2.18 bits per heavy atom. The fraction of sp³-hybridized carbons (Fsp3) is 0.375. The van der Waals surface area contributed by atoms with Gasteiger partial charge in [0.25, 0.3) is 10.9 Å². The number of hydrogen-bond acceptors (Lipinski definition) is 6. The van der Waals surface area contributed by atoms with Crippen molar-refractivity contribution in [2.75, 3.05) is 23.7 Å². The number of aromatic hydroxyl groups is 2. The summed E-state index contributed by atoms with van der Waals surface area (Å²) in [7, 11) is 0. The molecule has 0 unspecified atom stereocenters. The second kappa shape index (κ2) is 6.98. The molecule has 0 saturated carbocycles. The van der Waals surface area contributed by atoms with Gasteiger partial charge >= 0.3 is 0 Å². The SMILES string of the molecule is CCCCNc1c(NCCc2ccc(O)c(O)c2)c(=O)c1=O. The number of phenolic OH excluding ortho intramolecular Hbond substituents is 2. The highest BCUT2D eigenvalue weighted by Crippen LogP contribution is 2.25. The lowest BCUT2D eigenvalue weighted by atomic mass is 10.1. The first-order valence-corrected chi connectivity index (χ1v) is 7.36. The summed E-state index contributed by atoms with van der Waals surface area (Å²) in [5.74, 6) is -0.338. The van der Waals surface area contributed by atoms with Crippen LogP contribution in [0.4, 0.5) is 11.4 Å². The summed E-state index contributed by atoms with van der Waals surface area (Å²) in [6.07, 6.45) is 2.50. The van der Waals surface area contributed by atoms with Crippen LogP contribution in [0.1, 0.15) is 25.3 Å². The van der Waals surface area contributed by atoms with E-state index in [0.717, 1.165) is 18.4 Å². The van der Waals surface area contributed by atoms with Crippen molar-refractivity contribution in [3.8, 4) is 11.5 Å². The van der Waals surface area contributed by atoms with E-state index in [1.165, 1.54) is 12.1 Å². The quantitative estimate of drug-likeness (QED) is 0.336. The normalized spacial score (nSPS) is 10.8. The zero-order valence-electron chi connectivity index (χ0n) is 12.5. The van der Waals surface area contributed by atoms with Crippen molar-refractivity contribution in [3.05, 3.63) is 44.2 Å². The maximum absolute atomic E-state index is 11.6. The molecule has 0 heterocycles. The first kappa shape index (κ1) is 15.9. The summed E-state index contributed by atoms with van der Waals surface area (Å²) in [5.41, 5.74) is 0.562. The van der Waals surface area contributed by atoms with E-state index in [2.05, 4.69) is 17.6 Å². The van der Waals surface area contributed by atoms with Gasteiger partial charge in [0.1, 0.15) is 11.4 Å². The number of unbranched alkanes of at least 4 members (excludes halogenated alkanes) is 1. The standard InChI is InChI=1S/C16H20N2O4/c1-2-3-7-17-13-14(16(22)15(13)21)18-8-6-10-4-5-11(19)12(20)9-10/h4-5,9,17-20H,2-3,6-8H2,1H3. The predicted molar refractivity (Wildman–Crippen MR) is 86.7 cm³/mol. The fourth-order valence-corrected chi connectivity index (χ4v) is 2.18. The number of anilines is 2. The first-order chi connectivity index (χ1) is 10.5. The molecule has 2 aromatic carbocycles. The van der Waals surface area contributed by atoms with E-state index in [0.29, 0.717) is 30.9 Å². The van der Waals surface area contributed by atoms with E-state index < -0.39 is 10.9 Å². The highest BCUT2D eigenvalue weighted by atomic mass is 16.3. The van der Waals surface area contributed by atoms with Gasteiger partial charge in [-0.3, -0.25) is 9.59 Å². The Labute approximate surface area is 128 Å². The lowest BCUT2D eigenvalue weighted by Crippen LogP contribution is -2.37. The van der Waals surface area contributed by atoms with Crippen LogP contribution in [0.25, 0.3) is 0 Å². The summed E-state index contributed by atoms with van der Waals surface area (Å²) in [6, 6.07) is 4.58. The van der Waals surface area contributed by atoms with Crippen LogP contribution in [-0.2, 0) is 6.42 Å². The van der Waals surface area contributed by atoms with Crippen molar-refractivity contribution in [2.24, 2.45) is 0 Å². The molecule has 118 valence electrons. The van der Waals surface area contributed by atoms with Crippen molar-refractivity contribution >= 4 is 11.4 Å². The molecule has 2 aromatic rings. The zero-order valence-corrected chi connectivity index (χ0v) is 12.5. The topological polar surface area (TPSA) is 98.7 Å². The van der Waals surface area contributed by atoms with E-state index in [1.54, 1.807) is 6.07 Å². The summed E-state index contributed by atoms with van der Waals surface area (Å²) >= 11 is 0. The Hall–Kier alpha value is -2.50. The third kappa shape index (κ3) is 3.39. The van der Waals surface area contributed by atoms with Crippen LogP contribution in [0.2, 0.25) is 0 Å². The number of benzene rings is 1. The van der Waals surface area contributed by atoms with Gasteiger partial charge in [-0.15, -0.1) is 0 Å². The molecule has 22 heavy (non-hydrogen) atoms. The minimum Gasteiger partial charge on any atom is -0.504 e. The lowest BCUT2D eigenvalue weighted by molar-refractivity contribution is 0.403. The Morgan fingerprint density at radius 1 is 0.955 bits per heavy atom. The van der Waals surface area contributed by atoms with Crippen LogP contribution in [0.3, 0.4) is 0 Å². The smallest absolute Gasteiger partial charge is 0.253 e. The molecule has 6 heteroatoms. The third-order valence-electron chi connectivity index (χ3n) is 3.50. The van der Waals surface area contributed by atoms with Crippen LogP contribution >= 0.6 is 0 Å². The molecule has 6 nitrogen and oxygen atoms in total. The minimum absolute atomic E-state index is 0.165. The van der Waals surface area contributed by atoms with E-state index in [1.807, 2.05) is 0 Å². The Kier molecular flexibility index (Phi) is 5.04. The number of nitrogens with one attached hydrogen (secondary N) is 2. The van der Waals surface area contributed by atoms with Crippen molar-refractivity contribution in [1.29, 1.82) is 0 Å². The molecular formula is C16H20N2O4. The molecule has 2 rings (SSSR count). The Balaban J connectivity index is 1.91. The highest BCUT2D eigenvalue weighted by molar-refractivity contribution is 5.73. The van der Waals surface area contributed by atoms with Gasteiger partial charge in [-0.05, 0) is 30.5 Å². The van der Waals surface area contributed by atoms with Gasteiger partial charge in [-0.2, -0.15) is 0 Å². The molecule has 0 spiro atoms. The summed E-state index contributed by atoms with van der Waals surface area (Å²) < 4.78 is 0. The van der Waals surface area contributed by atoms with Crippen LogP contribution in [-0.4, -0.2) is 23.3 Å². The highest BCUT2D eigenvalue weighted by Gasteiger charge is 2.19. The summed E-state index contributed by atoms with van der Waals surface area (Å²) in [5, 5.41) is 24.6. The van der Waals surface area contributed by atoms with Crippen LogP contribution in [0, 0.1) is 0 Å². The molecule has 0 aliphatic heterocycles. The van der Waals surface area contributed by atoms with E-state index >= 15 is 0 Å². The molecule has 0 fully saturated rings. The van der Waals surface area contributed by atoms with Gasteiger partial charge in [0, 0.05) is 13.1 Å². The lowest BCUT2D eigenvalue weighted by Gasteiger charge is -2.14. The first-order valence-electron chi connectivity index (χ1n) is 7.36. The Morgan fingerprint density at radius 2 is 1.59 bits per heavy atom. The zero-order chi connectivity index (χ0) is 16.1. The Bertz CT molecular complexity index is 717. The van der Waals surface area contributed by atoms with Gasteiger partial charge < -0.3 is 20.8 Å². The molecule has 0 atom stereocenters. The maximum Gasteiger partial charge on any atom is 0.253 e. The fourth-order valence-electron chi connectivity index (χ4n) is 2.18. The summed E-state index contributed by atoms with van der Waals surface area (Å²) in [6.45, 7) is 3.18. The van der Waals surface area contributed by atoms with Crippen molar-refractivity contribution < 1.29 is 10.2 Å². The van der Waals surface area contributed by atoms with Gasteiger partial charge in [0.05, 0.1) is 0 Å². The van der Waals surface area contributed by atoms with Crippen LogP contribution in [0.5, 0.6) is 11.5 Å². The second-order valence-corrected chi connectivity index (χ2v) is 5.19. The molecule has 0 aliphatic rings. The van der Waals surface area contributed by atoms with Crippen molar-refractivity contribution in [3.63, 3.8) is 0 Å². The monoisotopic (exact) mass is 304 g/mol. The van der Waals surface area contributed by atoms with Gasteiger partial charge in [-0.25, -0.2) is 0 Å². The second-order valence-electron chi connectivity index (χ2n) is 5.19. The van der Waals surface area contributed by atoms with Gasteiger partial charge in [0.15, 0.2) is 11.5 Å². The molecule has 0 amide bonds. The summed E-state index contributed by atoms with van der Waals surface area (Å²) in [4.78, 5) is 23.1. The molecular weight excluding hydrogens is 284 g/mol. The molecule has 0 radical (unpaired) electrons. The van der Waals surface area contributed by atoms with E-state index in [9.17, 15) is 19.8 Å². The van der Waals surface area contributed by atoms with Gasteiger partial charge in [0.2, 0.25) is 0 Å². The largest absolute Gasteiger partial charge is 0.504 e. The predicted octanol–water partition coefficient (Wildman–Crippen LogP) is 1.56. The van der Waals surface area contributed by atoms with Gasteiger partial charge in [-0.1, -0.05) is 19.4 Å². The number of hydrogen-bond donors (Lipinski definition) is 4. The van der Waals surface area contributed by atoms with Crippen molar-refractivity contribution in [1.82, 2.24) is 0 Å². The average Bonchev–Trinajstić information content (AvgIpc) is 2.52.